The summed E-state index contributed by atoms with van der Waals surface area (Å²) in [5, 5.41) is 7.17. The molecule has 0 spiro atoms. The van der Waals surface area contributed by atoms with Crippen molar-refractivity contribution in [2.75, 3.05) is 10.6 Å². The molecule has 25 heavy (non-hydrogen) atoms. The lowest BCUT2D eigenvalue weighted by molar-refractivity contribution is 0.102. The van der Waals surface area contributed by atoms with Crippen molar-refractivity contribution >= 4 is 40.6 Å². The van der Waals surface area contributed by atoms with E-state index in [1.807, 2.05) is 24.3 Å². The Morgan fingerprint density at radius 2 is 1.76 bits per heavy atom. The van der Waals surface area contributed by atoms with Crippen LogP contribution in [0, 0.1) is 0 Å². The summed E-state index contributed by atoms with van der Waals surface area (Å²) in [4.78, 5) is 20.4. The zero-order chi connectivity index (χ0) is 17.6. The first-order valence-corrected chi connectivity index (χ1v) is 8.23. The number of hydrogen-bond donors (Lipinski definition) is 2. The molecule has 0 saturated heterocycles. The summed E-state index contributed by atoms with van der Waals surface area (Å²) < 4.78 is 0. The third-order valence-corrected chi connectivity index (χ3v) is 4.04. The molecule has 0 unspecified atom stereocenters. The van der Waals surface area contributed by atoms with E-state index in [0.717, 1.165) is 5.56 Å². The second-order valence-electron chi connectivity index (χ2n) is 5.19. The van der Waals surface area contributed by atoms with E-state index in [4.69, 9.17) is 23.2 Å². The van der Waals surface area contributed by atoms with Gasteiger partial charge in [0.05, 0.1) is 0 Å². The van der Waals surface area contributed by atoms with E-state index in [1.54, 1.807) is 30.3 Å². The number of halogens is 2. The fraction of sp³-hybridized carbons (Fsp3) is 0.0556. The normalized spacial score (nSPS) is 10.3. The van der Waals surface area contributed by atoms with Crippen LogP contribution in [-0.2, 0) is 6.54 Å². The number of anilines is 2. The van der Waals surface area contributed by atoms with Crippen molar-refractivity contribution in [2.24, 2.45) is 0 Å². The number of benzene rings is 2. The summed E-state index contributed by atoms with van der Waals surface area (Å²) in [5.74, 6) is 0.210. The number of nitrogens with zero attached hydrogens (tertiary/aromatic N) is 2. The predicted octanol–water partition coefficient (Wildman–Crippen LogP) is 4.65. The molecule has 1 heterocycles. The van der Waals surface area contributed by atoms with Crippen molar-refractivity contribution in [1.29, 1.82) is 0 Å². The average Bonchev–Trinajstić information content (AvgIpc) is 2.63. The van der Waals surface area contributed by atoms with Crippen molar-refractivity contribution in [1.82, 2.24) is 9.97 Å². The lowest BCUT2D eigenvalue weighted by atomic mass is 10.2. The molecule has 0 aliphatic carbocycles. The van der Waals surface area contributed by atoms with Crippen LogP contribution in [0.15, 0.2) is 60.9 Å². The van der Waals surface area contributed by atoms with Gasteiger partial charge in [0.15, 0.2) is 0 Å². The van der Waals surface area contributed by atoms with Crippen LogP contribution in [0.25, 0.3) is 0 Å². The summed E-state index contributed by atoms with van der Waals surface area (Å²) in [6.07, 6.45) is 1.34. The van der Waals surface area contributed by atoms with Gasteiger partial charge >= 0.3 is 0 Å². The molecule has 2 N–H and O–H groups in total. The van der Waals surface area contributed by atoms with Gasteiger partial charge in [-0.3, -0.25) is 4.79 Å². The van der Waals surface area contributed by atoms with Crippen LogP contribution in [0.5, 0.6) is 0 Å². The Balaban J connectivity index is 1.67. The zero-order valence-corrected chi connectivity index (χ0v) is 14.6. The van der Waals surface area contributed by atoms with Crippen LogP contribution in [-0.4, -0.2) is 15.9 Å². The van der Waals surface area contributed by atoms with Crippen LogP contribution < -0.4 is 10.6 Å². The smallest absolute Gasteiger partial charge is 0.274 e. The first kappa shape index (κ1) is 17.2. The highest BCUT2D eigenvalue weighted by molar-refractivity contribution is 6.31. The predicted molar refractivity (Wildman–Crippen MR) is 100 cm³/mol. The summed E-state index contributed by atoms with van der Waals surface area (Å²) >= 11 is 12.0. The molecule has 3 aromatic rings. The van der Waals surface area contributed by atoms with Crippen molar-refractivity contribution < 1.29 is 4.79 Å². The average molecular weight is 373 g/mol. The van der Waals surface area contributed by atoms with Gasteiger partial charge in [-0.25, -0.2) is 9.97 Å². The van der Waals surface area contributed by atoms with Gasteiger partial charge in [0, 0.05) is 28.3 Å². The second-order valence-corrected chi connectivity index (χ2v) is 6.04. The molecule has 126 valence electrons. The van der Waals surface area contributed by atoms with E-state index in [0.29, 0.717) is 28.1 Å². The molecule has 0 aliphatic rings. The summed E-state index contributed by atoms with van der Waals surface area (Å²) in [6, 6.07) is 16.0. The molecule has 0 saturated carbocycles. The Morgan fingerprint density at radius 3 is 2.52 bits per heavy atom. The SMILES string of the molecule is O=C(Nc1ccc(Cl)cc1)c1cc(NCc2ccccc2Cl)ncn1. The fourth-order valence-electron chi connectivity index (χ4n) is 2.13. The molecule has 2 aromatic carbocycles. The third kappa shape index (κ3) is 4.68. The van der Waals surface area contributed by atoms with E-state index < -0.39 is 0 Å². The maximum atomic E-state index is 12.3. The highest BCUT2D eigenvalue weighted by Crippen LogP contribution is 2.17. The van der Waals surface area contributed by atoms with Crippen molar-refractivity contribution in [2.45, 2.75) is 6.54 Å². The van der Waals surface area contributed by atoms with E-state index >= 15 is 0 Å². The van der Waals surface area contributed by atoms with Gasteiger partial charge in [-0.2, -0.15) is 0 Å². The van der Waals surface area contributed by atoms with Gasteiger partial charge in [-0.1, -0.05) is 41.4 Å². The van der Waals surface area contributed by atoms with Gasteiger partial charge in [0.1, 0.15) is 17.8 Å². The molecule has 0 radical (unpaired) electrons. The number of rotatable bonds is 5. The van der Waals surface area contributed by atoms with Gasteiger partial charge in [-0.05, 0) is 35.9 Å². The minimum atomic E-state index is -0.328. The van der Waals surface area contributed by atoms with Gasteiger partial charge in [-0.15, -0.1) is 0 Å². The molecule has 7 heteroatoms. The summed E-state index contributed by atoms with van der Waals surface area (Å²) in [6.45, 7) is 0.495. The minimum Gasteiger partial charge on any atom is -0.366 e. The molecule has 0 atom stereocenters. The van der Waals surface area contributed by atoms with E-state index in [-0.39, 0.29) is 11.6 Å². The number of nitrogens with one attached hydrogen (secondary N) is 2. The molecule has 3 rings (SSSR count). The molecule has 1 amide bonds. The number of aromatic nitrogens is 2. The summed E-state index contributed by atoms with van der Waals surface area (Å²) in [7, 11) is 0. The standard InChI is InChI=1S/C18H14Cl2N4O/c19-13-5-7-14(8-6-13)24-18(25)16-9-17(23-11-22-16)21-10-12-3-1-2-4-15(12)20/h1-9,11H,10H2,(H,24,25)(H,21,22,23). The lowest BCUT2D eigenvalue weighted by Crippen LogP contribution is -2.14. The van der Waals surface area contributed by atoms with E-state index in [1.165, 1.54) is 6.33 Å². The third-order valence-electron chi connectivity index (χ3n) is 3.42. The van der Waals surface area contributed by atoms with Crippen molar-refractivity contribution in [3.8, 4) is 0 Å². The molecule has 0 aliphatic heterocycles. The van der Waals surface area contributed by atoms with Gasteiger partial charge < -0.3 is 10.6 Å². The van der Waals surface area contributed by atoms with Crippen LogP contribution in [0.1, 0.15) is 16.1 Å². The van der Waals surface area contributed by atoms with Crippen LogP contribution in [0.2, 0.25) is 10.0 Å². The highest BCUT2D eigenvalue weighted by atomic mass is 35.5. The molecule has 0 bridgehead atoms. The number of amides is 1. The Bertz CT molecular complexity index is 884. The topological polar surface area (TPSA) is 66.9 Å². The molecular formula is C18H14Cl2N4O. The van der Waals surface area contributed by atoms with Gasteiger partial charge in [0.2, 0.25) is 0 Å². The monoisotopic (exact) mass is 372 g/mol. The van der Waals surface area contributed by atoms with Crippen LogP contribution >= 0.6 is 23.2 Å². The maximum Gasteiger partial charge on any atom is 0.274 e. The number of hydrogen-bond acceptors (Lipinski definition) is 4. The molecular weight excluding hydrogens is 359 g/mol. The maximum absolute atomic E-state index is 12.3. The van der Waals surface area contributed by atoms with Crippen LogP contribution in [0.4, 0.5) is 11.5 Å². The molecule has 0 fully saturated rings. The second kappa shape index (κ2) is 7.96. The van der Waals surface area contributed by atoms with Crippen molar-refractivity contribution in [3.63, 3.8) is 0 Å². The first-order chi connectivity index (χ1) is 12.1. The molecule has 5 nitrogen and oxygen atoms in total. The van der Waals surface area contributed by atoms with E-state index in [2.05, 4.69) is 20.6 Å². The molecule has 1 aromatic heterocycles. The number of carbonyl (C=O) groups is 1. The lowest BCUT2D eigenvalue weighted by Gasteiger charge is -2.09. The highest BCUT2D eigenvalue weighted by Gasteiger charge is 2.09. The Kier molecular flexibility index (Phi) is 5.48. The Morgan fingerprint density at radius 1 is 1.00 bits per heavy atom. The largest absolute Gasteiger partial charge is 0.366 e. The zero-order valence-electron chi connectivity index (χ0n) is 13.0. The van der Waals surface area contributed by atoms with Crippen molar-refractivity contribution in [3.05, 3.63) is 82.2 Å². The Hall–Kier alpha value is -2.63. The summed E-state index contributed by atoms with van der Waals surface area (Å²) in [5.41, 5.74) is 1.83. The quantitative estimate of drug-likeness (QED) is 0.683. The minimum absolute atomic E-state index is 0.256. The first-order valence-electron chi connectivity index (χ1n) is 7.48. The van der Waals surface area contributed by atoms with E-state index in [9.17, 15) is 4.79 Å². The van der Waals surface area contributed by atoms with Gasteiger partial charge in [0.25, 0.3) is 5.91 Å². The fourth-order valence-corrected chi connectivity index (χ4v) is 2.46. The number of carbonyl (C=O) groups excluding carboxylic acids is 1. The Labute approximate surface area is 155 Å². The van der Waals surface area contributed by atoms with Crippen LogP contribution in [0.3, 0.4) is 0 Å².